The number of nitrogens with zero attached hydrogens (tertiary/aromatic N) is 3. The Balaban J connectivity index is 1.56. The molecule has 1 unspecified atom stereocenters. The number of nitrogens with one attached hydrogen (secondary N) is 1. The number of methoxy groups -OCH3 is 3. The van der Waals surface area contributed by atoms with Crippen molar-refractivity contribution >= 4 is 26.8 Å². The molecule has 0 aliphatic heterocycles. The van der Waals surface area contributed by atoms with E-state index >= 15 is 0 Å². The lowest BCUT2D eigenvalue weighted by Crippen LogP contribution is -2.18. The molecule has 10 nitrogen and oxygen atoms in total. The summed E-state index contributed by atoms with van der Waals surface area (Å²) in [4.78, 5) is -0.103. The van der Waals surface area contributed by atoms with Crippen molar-refractivity contribution in [3.63, 3.8) is 0 Å². The number of hydrogen-bond donors (Lipinski definition) is 1. The van der Waals surface area contributed by atoms with Gasteiger partial charge in [0.05, 0.1) is 27.9 Å². The zero-order valence-corrected chi connectivity index (χ0v) is 21.1. The first-order valence-electron chi connectivity index (χ1n) is 11.2. The van der Waals surface area contributed by atoms with Crippen LogP contribution in [0.25, 0.3) is 11.0 Å². The molecule has 11 heteroatoms. The van der Waals surface area contributed by atoms with Gasteiger partial charge in [-0.15, -0.1) is 0 Å². The van der Waals surface area contributed by atoms with Crippen LogP contribution in [-0.2, 0) is 16.6 Å². The number of hydrogen-bond acceptors (Lipinski definition) is 8. The lowest BCUT2D eigenvalue weighted by Gasteiger charge is -2.26. The van der Waals surface area contributed by atoms with Crippen LogP contribution < -0.4 is 18.9 Å². The van der Waals surface area contributed by atoms with Gasteiger partial charge in [0, 0.05) is 23.9 Å². The molecule has 1 aliphatic rings. The van der Waals surface area contributed by atoms with E-state index in [1.54, 1.807) is 29.1 Å². The van der Waals surface area contributed by atoms with E-state index in [9.17, 15) is 8.42 Å². The predicted molar refractivity (Wildman–Crippen MR) is 133 cm³/mol. The zero-order valence-electron chi connectivity index (χ0n) is 20.3. The smallest absolute Gasteiger partial charge is 0.270 e. The summed E-state index contributed by atoms with van der Waals surface area (Å²) in [6, 6.07) is 8.87. The number of allylic oxidation sites excluding steroid dienone is 2. The van der Waals surface area contributed by atoms with E-state index in [1.807, 2.05) is 25.3 Å². The SMILES string of the molecule is COc1ccc(C2C=C(C)C2)c(OC)c1S(=O)(=O)Nc1noc2cc(Cn3cccn3)cc(OC)c12. The van der Waals surface area contributed by atoms with Crippen molar-refractivity contribution in [3.05, 3.63) is 65.5 Å². The lowest BCUT2D eigenvalue weighted by atomic mass is 9.82. The molecular formula is C25H26N4O6S. The maximum absolute atomic E-state index is 13.7. The van der Waals surface area contributed by atoms with E-state index in [-0.39, 0.29) is 28.1 Å². The number of sulfonamides is 1. The average molecular weight is 511 g/mol. The minimum absolute atomic E-state index is 0.00128. The molecule has 0 amide bonds. The molecule has 36 heavy (non-hydrogen) atoms. The molecule has 0 saturated carbocycles. The Labute approximate surface area is 208 Å². The summed E-state index contributed by atoms with van der Waals surface area (Å²) < 4.78 is 53.8. The first-order valence-corrected chi connectivity index (χ1v) is 12.7. The molecule has 0 radical (unpaired) electrons. The largest absolute Gasteiger partial charge is 0.496 e. The van der Waals surface area contributed by atoms with Crippen LogP contribution in [0.5, 0.6) is 17.2 Å². The van der Waals surface area contributed by atoms with E-state index in [2.05, 4.69) is 21.1 Å². The van der Waals surface area contributed by atoms with Crippen LogP contribution in [0.1, 0.15) is 30.4 Å². The molecular weight excluding hydrogens is 484 g/mol. The normalized spacial score (nSPS) is 15.3. The quantitative estimate of drug-likeness (QED) is 0.331. The molecule has 2 aromatic carbocycles. The van der Waals surface area contributed by atoms with Crippen molar-refractivity contribution in [1.82, 2.24) is 14.9 Å². The average Bonchev–Trinajstić information content (AvgIpc) is 3.50. The summed E-state index contributed by atoms with van der Waals surface area (Å²) in [6.45, 7) is 2.52. The summed E-state index contributed by atoms with van der Waals surface area (Å²) in [5, 5.41) is 8.61. The first kappa shape index (κ1) is 23.7. The van der Waals surface area contributed by atoms with Gasteiger partial charge in [0.15, 0.2) is 16.3 Å². The van der Waals surface area contributed by atoms with Crippen LogP contribution in [0.15, 0.2) is 63.8 Å². The van der Waals surface area contributed by atoms with E-state index in [4.69, 9.17) is 18.7 Å². The maximum atomic E-state index is 13.7. The second-order valence-corrected chi connectivity index (χ2v) is 10.2. The molecule has 2 aromatic heterocycles. The number of benzene rings is 2. The number of rotatable bonds is 9. The highest BCUT2D eigenvalue weighted by molar-refractivity contribution is 7.93. The second-order valence-electron chi connectivity index (χ2n) is 8.55. The Morgan fingerprint density at radius 1 is 1.14 bits per heavy atom. The monoisotopic (exact) mass is 510 g/mol. The Hall–Kier alpha value is -3.99. The molecule has 5 rings (SSSR count). The van der Waals surface area contributed by atoms with Crippen LogP contribution in [0.3, 0.4) is 0 Å². The van der Waals surface area contributed by atoms with Crippen LogP contribution in [0, 0.1) is 0 Å². The van der Waals surface area contributed by atoms with Crippen LogP contribution in [-0.4, -0.2) is 44.7 Å². The van der Waals surface area contributed by atoms with Gasteiger partial charge in [-0.25, -0.2) is 8.42 Å². The Morgan fingerprint density at radius 2 is 1.92 bits per heavy atom. The zero-order chi connectivity index (χ0) is 25.4. The molecule has 0 fully saturated rings. The summed E-state index contributed by atoms with van der Waals surface area (Å²) in [6.07, 6.45) is 6.45. The molecule has 188 valence electrons. The van der Waals surface area contributed by atoms with Gasteiger partial charge in [0.2, 0.25) is 0 Å². The Kier molecular flexibility index (Phi) is 6.09. The minimum Gasteiger partial charge on any atom is -0.496 e. The number of anilines is 1. The molecule has 2 heterocycles. The van der Waals surface area contributed by atoms with Crippen molar-refractivity contribution < 1.29 is 27.2 Å². The highest BCUT2D eigenvalue weighted by atomic mass is 32.2. The third-order valence-electron chi connectivity index (χ3n) is 6.18. The van der Waals surface area contributed by atoms with E-state index < -0.39 is 10.0 Å². The number of fused-ring (bicyclic) bond motifs is 1. The minimum atomic E-state index is -4.20. The summed E-state index contributed by atoms with van der Waals surface area (Å²) in [5.74, 6) is 0.875. The van der Waals surface area contributed by atoms with E-state index in [1.165, 1.54) is 26.9 Å². The Bertz CT molecular complexity index is 1560. The molecule has 1 aliphatic carbocycles. The van der Waals surface area contributed by atoms with Crippen molar-refractivity contribution in [3.8, 4) is 17.2 Å². The fraction of sp³-hybridized carbons (Fsp3) is 0.280. The summed E-state index contributed by atoms with van der Waals surface area (Å²) in [7, 11) is 0.158. The molecule has 1 atom stereocenters. The van der Waals surface area contributed by atoms with Gasteiger partial charge in [-0.1, -0.05) is 22.9 Å². The van der Waals surface area contributed by atoms with Crippen molar-refractivity contribution in [2.45, 2.75) is 30.7 Å². The third kappa shape index (κ3) is 4.15. The molecule has 0 saturated heterocycles. The highest BCUT2D eigenvalue weighted by Gasteiger charge is 2.32. The van der Waals surface area contributed by atoms with Gasteiger partial charge in [0.1, 0.15) is 22.6 Å². The van der Waals surface area contributed by atoms with Crippen molar-refractivity contribution in [2.24, 2.45) is 0 Å². The molecule has 1 N–H and O–H groups in total. The lowest BCUT2D eigenvalue weighted by molar-refractivity contribution is 0.368. The van der Waals surface area contributed by atoms with Crippen LogP contribution in [0.2, 0.25) is 0 Å². The van der Waals surface area contributed by atoms with Crippen LogP contribution in [0.4, 0.5) is 5.82 Å². The van der Waals surface area contributed by atoms with Gasteiger partial charge in [-0.2, -0.15) is 5.10 Å². The number of aromatic nitrogens is 3. The Morgan fingerprint density at radius 3 is 2.56 bits per heavy atom. The highest BCUT2D eigenvalue weighted by Crippen LogP contribution is 2.45. The first-order chi connectivity index (χ1) is 17.3. The summed E-state index contributed by atoms with van der Waals surface area (Å²) in [5.41, 5.74) is 3.24. The fourth-order valence-corrected chi connectivity index (χ4v) is 5.86. The maximum Gasteiger partial charge on any atom is 0.270 e. The molecule has 4 aromatic rings. The third-order valence-corrected chi connectivity index (χ3v) is 7.56. The topological polar surface area (TPSA) is 118 Å². The summed E-state index contributed by atoms with van der Waals surface area (Å²) >= 11 is 0. The standard InChI is InChI=1S/C25H26N4O6S/c1-15-10-17(11-15)18-6-7-19(32-2)24(23(18)34-4)36(30,31)28-25-22-20(33-3)12-16(13-21(22)35-27-25)14-29-9-5-8-26-29/h5-10,12-13,17H,11,14H2,1-4H3,(H,27,28). The molecule has 0 spiro atoms. The van der Waals surface area contributed by atoms with Gasteiger partial charge in [-0.3, -0.25) is 9.40 Å². The van der Waals surface area contributed by atoms with Gasteiger partial charge < -0.3 is 18.7 Å². The van der Waals surface area contributed by atoms with Gasteiger partial charge in [-0.05, 0) is 43.2 Å². The van der Waals surface area contributed by atoms with E-state index in [0.717, 1.165) is 17.5 Å². The fourth-order valence-electron chi connectivity index (χ4n) is 4.51. The van der Waals surface area contributed by atoms with E-state index in [0.29, 0.717) is 23.3 Å². The van der Waals surface area contributed by atoms with Crippen molar-refractivity contribution in [2.75, 3.05) is 26.1 Å². The van der Waals surface area contributed by atoms with Gasteiger partial charge in [0.25, 0.3) is 10.0 Å². The van der Waals surface area contributed by atoms with Crippen LogP contribution >= 0.6 is 0 Å². The second kappa shape index (κ2) is 9.23. The number of ether oxygens (including phenoxy) is 3. The van der Waals surface area contributed by atoms with Gasteiger partial charge >= 0.3 is 0 Å². The molecule has 0 bridgehead atoms. The van der Waals surface area contributed by atoms with Crippen molar-refractivity contribution in [1.29, 1.82) is 0 Å². The predicted octanol–water partition coefficient (Wildman–Crippen LogP) is 4.33.